The van der Waals surface area contributed by atoms with E-state index < -0.39 is 11.9 Å². The molecule has 0 unspecified atom stereocenters. The van der Waals surface area contributed by atoms with Gasteiger partial charge in [-0.3, -0.25) is 4.79 Å². The maximum atomic E-state index is 12.5. The number of urea groups is 1. The summed E-state index contributed by atoms with van der Waals surface area (Å²) in [6, 6.07) is 11.6. The first-order chi connectivity index (χ1) is 11.5. The Hall–Kier alpha value is -2.31. The molecule has 0 aliphatic carbocycles. The summed E-state index contributed by atoms with van der Waals surface area (Å²) in [6.45, 7) is 0. The van der Waals surface area contributed by atoms with E-state index in [1.807, 2.05) is 6.07 Å². The fraction of sp³-hybridized carbons (Fsp3) is 0.0588. The number of methoxy groups -OCH3 is 1. The lowest BCUT2D eigenvalue weighted by molar-refractivity contribution is -0.113. The third kappa shape index (κ3) is 3.02. The molecular weight excluding hydrogens is 396 g/mol. The van der Waals surface area contributed by atoms with Crippen LogP contribution >= 0.6 is 27.5 Å². The van der Waals surface area contributed by atoms with Crippen LogP contribution in [0.25, 0.3) is 6.08 Å². The van der Waals surface area contributed by atoms with Crippen LogP contribution in [0, 0.1) is 0 Å². The number of halogens is 2. The summed E-state index contributed by atoms with van der Waals surface area (Å²) in [5, 5.41) is 2.98. The number of carbonyl (C=O) groups excluding carboxylic acids is 2. The highest BCUT2D eigenvalue weighted by Gasteiger charge is 2.34. The predicted octanol–water partition coefficient (Wildman–Crippen LogP) is 4.21. The molecule has 1 aliphatic heterocycles. The first-order valence-corrected chi connectivity index (χ1v) is 8.13. The second-order valence-electron chi connectivity index (χ2n) is 4.98. The average Bonchev–Trinajstić information content (AvgIpc) is 2.82. The van der Waals surface area contributed by atoms with Gasteiger partial charge in [0.05, 0.1) is 22.3 Å². The Bertz CT molecular complexity index is 829. The van der Waals surface area contributed by atoms with E-state index >= 15 is 0 Å². The van der Waals surface area contributed by atoms with E-state index in [2.05, 4.69) is 21.2 Å². The van der Waals surface area contributed by atoms with Crippen molar-refractivity contribution in [3.8, 4) is 5.75 Å². The van der Waals surface area contributed by atoms with Crippen molar-refractivity contribution in [1.29, 1.82) is 0 Å². The number of carbonyl (C=O) groups is 2. The minimum atomic E-state index is -0.490. The van der Waals surface area contributed by atoms with E-state index in [4.69, 9.17) is 16.3 Å². The lowest BCUT2D eigenvalue weighted by atomic mass is 10.1. The Kier molecular flexibility index (Phi) is 4.59. The zero-order chi connectivity index (χ0) is 17.3. The molecule has 3 amide bonds. The first-order valence-electron chi connectivity index (χ1n) is 6.96. The number of hydrogen-bond acceptors (Lipinski definition) is 3. The Morgan fingerprint density at radius 1 is 1.21 bits per heavy atom. The van der Waals surface area contributed by atoms with E-state index in [-0.39, 0.29) is 5.70 Å². The monoisotopic (exact) mass is 406 g/mol. The molecule has 3 rings (SSSR count). The molecule has 1 fully saturated rings. The molecule has 1 saturated heterocycles. The number of benzene rings is 2. The minimum absolute atomic E-state index is 0.178. The molecule has 7 heteroatoms. The Labute approximate surface area is 152 Å². The quantitative estimate of drug-likeness (QED) is 0.612. The number of ether oxygens (including phenoxy) is 1. The predicted molar refractivity (Wildman–Crippen MR) is 96.1 cm³/mol. The molecule has 24 heavy (non-hydrogen) atoms. The molecule has 0 aromatic heterocycles. The number of hydrogen-bond donors (Lipinski definition) is 1. The Balaban J connectivity index is 1.95. The van der Waals surface area contributed by atoms with Gasteiger partial charge in [-0.25, -0.2) is 9.69 Å². The van der Waals surface area contributed by atoms with E-state index in [1.54, 1.807) is 42.5 Å². The number of para-hydroxylation sites is 1. The fourth-order valence-corrected chi connectivity index (χ4v) is 3.43. The summed E-state index contributed by atoms with van der Waals surface area (Å²) in [6.07, 6.45) is 1.57. The second-order valence-corrected chi connectivity index (χ2v) is 6.24. The largest absolute Gasteiger partial charge is 0.494 e. The molecule has 2 aromatic carbocycles. The van der Waals surface area contributed by atoms with Gasteiger partial charge < -0.3 is 10.1 Å². The molecule has 5 nitrogen and oxygen atoms in total. The normalized spacial score (nSPS) is 15.8. The Morgan fingerprint density at radius 2 is 1.92 bits per heavy atom. The molecule has 1 heterocycles. The number of anilines is 1. The van der Waals surface area contributed by atoms with Crippen molar-refractivity contribution in [2.24, 2.45) is 0 Å². The van der Waals surface area contributed by atoms with Crippen LogP contribution in [0.4, 0.5) is 10.5 Å². The number of nitrogens with one attached hydrogen (secondary N) is 1. The van der Waals surface area contributed by atoms with Crippen molar-refractivity contribution in [3.63, 3.8) is 0 Å². The number of rotatable bonds is 3. The number of imide groups is 1. The Morgan fingerprint density at radius 3 is 2.54 bits per heavy atom. The maximum Gasteiger partial charge on any atom is 0.333 e. The topological polar surface area (TPSA) is 58.6 Å². The summed E-state index contributed by atoms with van der Waals surface area (Å²) in [4.78, 5) is 25.7. The zero-order valence-electron chi connectivity index (χ0n) is 12.5. The van der Waals surface area contributed by atoms with Gasteiger partial charge in [0, 0.05) is 0 Å². The molecule has 0 atom stereocenters. The fourth-order valence-electron chi connectivity index (χ4n) is 2.37. The maximum absolute atomic E-state index is 12.5. The molecule has 2 aromatic rings. The van der Waals surface area contributed by atoms with Gasteiger partial charge in [-0.1, -0.05) is 29.8 Å². The van der Waals surface area contributed by atoms with Crippen LogP contribution in [0.15, 0.2) is 52.6 Å². The van der Waals surface area contributed by atoms with Crippen LogP contribution in [0.2, 0.25) is 5.02 Å². The van der Waals surface area contributed by atoms with E-state index in [0.717, 1.165) is 4.90 Å². The van der Waals surface area contributed by atoms with Crippen LogP contribution in [0.3, 0.4) is 0 Å². The highest BCUT2D eigenvalue weighted by Crippen LogP contribution is 2.35. The second kappa shape index (κ2) is 6.67. The first kappa shape index (κ1) is 16.5. The average molecular weight is 408 g/mol. The van der Waals surface area contributed by atoms with Crippen LogP contribution in [-0.2, 0) is 4.79 Å². The summed E-state index contributed by atoms with van der Waals surface area (Å²) >= 11 is 9.50. The molecule has 0 radical (unpaired) electrons. The van der Waals surface area contributed by atoms with Gasteiger partial charge in [0.15, 0.2) is 5.75 Å². The number of amides is 3. The van der Waals surface area contributed by atoms with Crippen molar-refractivity contribution in [3.05, 3.63) is 63.2 Å². The van der Waals surface area contributed by atoms with Crippen molar-refractivity contribution in [1.82, 2.24) is 5.32 Å². The zero-order valence-corrected chi connectivity index (χ0v) is 14.9. The molecule has 0 bridgehead atoms. The van der Waals surface area contributed by atoms with Gasteiger partial charge >= 0.3 is 6.03 Å². The highest BCUT2D eigenvalue weighted by atomic mass is 79.9. The summed E-state index contributed by atoms with van der Waals surface area (Å²) in [5.41, 5.74) is 1.35. The summed E-state index contributed by atoms with van der Waals surface area (Å²) in [7, 11) is 1.52. The highest BCUT2D eigenvalue weighted by molar-refractivity contribution is 9.10. The lowest BCUT2D eigenvalue weighted by Gasteiger charge is -2.11. The SMILES string of the molecule is COc1c(Cl)cc(C=C2NC(=O)N(c3ccccc3)C2=O)cc1Br. The molecule has 122 valence electrons. The van der Waals surface area contributed by atoms with Crippen molar-refractivity contribution in [2.75, 3.05) is 12.0 Å². The standard InChI is InChI=1S/C17H12BrClN2O3/c1-24-15-12(18)7-10(8-13(15)19)9-14-16(22)21(17(23)20-14)11-5-3-2-4-6-11/h2-9H,1H3,(H,20,23). The minimum Gasteiger partial charge on any atom is -0.494 e. The van der Waals surface area contributed by atoms with E-state index in [0.29, 0.717) is 26.5 Å². The van der Waals surface area contributed by atoms with Crippen LogP contribution < -0.4 is 15.0 Å². The molecule has 1 aliphatic rings. The summed E-state index contributed by atoms with van der Waals surface area (Å²) in [5.74, 6) is 0.0841. The van der Waals surface area contributed by atoms with Gasteiger partial charge in [0.2, 0.25) is 0 Å². The summed E-state index contributed by atoms with van der Waals surface area (Å²) < 4.78 is 5.82. The third-order valence-electron chi connectivity index (χ3n) is 3.43. The van der Waals surface area contributed by atoms with Crippen LogP contribution in [0.5, 0.6) is 5.75 Å². The number of nitrogens with zero attached hydrogens (tertiary/aromatic N) is 1. The molecular formula is C17H12BrClN2O3. The molecule has 0 spiro atoms. The third-order valence-corrected chi connectivity index (χ3v) is 4.30. The van der Waals surface area contributed by atoms with Crippen molar-refractivity contribution in [2.45, 2.75) is 0 Å². The van der Waals surface area contributed by atoms with Gasteiger partial charge in [0.1, 0.15) is 5.70 Å². The van der Waals surface area contributed by atoms with Gasteiger partial charge in [-0.05, 0) is 51.8 Å². The van der Waals surface area contributed by atoms with Crippen molar-refractivity contribution >= 4 is 51.2 Å². The van der Waals surface area contributed by atoms with E-state index in [1.165, 1.54) is 7.11 Å². The van der Waals surface area contributed by atoms with Gasteiger partial charge in [-0.15, -0.1) is 0 Å². The van der Waals surface area contributed by atoms with Gasteiger partial charge in [-0.2, -0.15) is 0 Å². The van der Waals surface area contributed by atoms with E-state index in [9.17, 15) is 9.59 Å². The van der Waals surface area contributed by atoms with Gasteiger partial charge in [0.25, 0.3) is 5.91 Å². The van der Waals surface area contributed by atoms with Crippen LogP contribution in [0.1, 0.15) is 5.56 Å². The molecule has 1 N–H and O–H groups in total. The smallest absolute Gasteiger partial charge is 0.333 e. The van der Waals surface area contributed by atoms with Crippen molar-refractivity contribution < 1.29 is 14.3 Å². The molecule has 0 saturated carbocycles. The lowest BCUT2D eigenvalue weighted by Crippen LogP contribution is -2.30. The van der Waals surface area contributed by atoms with Crippen LogP contribution in [-0.4, -0.2) is 19.0 Å².